The van der Waals surface area contributed by atoms with E-state index in [0.717, 1.165) is 11.1 Å². The summed E-state index contributed by atoms with van der Waals surface area (Å²) in [5.41, 5.74) is 2.57. The molecule has 0 amide bonds. The van der Waals surface area contributed by atoms with Crippen LogP contribution in [-0.2, 0) is 22.6 Å². The van der Waals surface area contributed by atoms with Crippen LogP contribution in [0.4, 0.5) is 0 Å². The normalized spacial score (nSPS) is 13.8. The van der Waals surface area contributed by atoms with Gasteiger partial charge in [-0.15, -0.1) is 0 Å². The largest absolute Gasteiger partial charge is 0.491 e. The van der Waals surface area contributed by atoms with Crippen molar-refractivity contribution in [1.82, 2.24) is 4.90 Å². The van der Waals surface area contributed by atoms with Gasteiger partial charge >= 0.3 is 13.1 Å². The van der Waals surface area contributed by atoms with Crippen LogP contribution in [0.25, 0.3) is 0 Å². The molecule has 7 heteroatoms. The van der Waals surface area contributed by atoms with E-state index in [4.69, 9.17) is 14.5 Å². The van der Waals surface area contributed by atoms with Crippen LogP contribution < -0.4 is 10.2 Å². The van der Waals surface area contributed by atoms with Crippen molar-refractivity contribution in [2.45, 2.75) is 13.2 Å². The maximum atomic E-state index is 10.5. The number of carbonyl (C=O) groups is 1. The van der Waals surface area contributed by atoms with Crippen molar-refractivity contribution in [3.05, 3.63) is 23.3 Å². The molecule has 0 aromatic heterocycles. The zero-order valence-electron chi connectivity index (χ0n) is 10.9. The Morgan fingerprint density at radius 3 is 2.89 bits per heavy atom. The SMILES string of the molecule is CN(C)Cc1cc(OCC(=O)O)cc2c1COB2O. The van der Waals surface area contributed by atoms with E-state index in [-0.39, 0.29) is 0 Å². The lowest BCUT2D eigenvalue weighted by molar-refractivity contribution is -0.139. The first-order valence-corrected chi connectivity index (χ1v) is 5.92. The highest BCUT2D eigenvalue weighted by Crippen LogP contribution is 2.22. The topological polar surface area (TPSA) is 79.2 Å². The molecule has 0 saturated carbocycles. The van der Waals surface area contributed by atoms with Crippen molar-refractivity contribution >= 4 is 18.6 Å². The van der Waals surface area contributed by atoms with Crippen LogP contribution >= 0.6 is 0 Å². The van der Waals surface area contributed by atoms with Crippen LogP contribution in [0.3, 0.4) is 0 Å². The molecule has 2 rings (SSSR count). The smallest absolute Gasteiger partial charge is 0.482 e. The number of hydrogen-bond acceptors (Lipinski definition) is 5. The Labute approximate surface area is 111 Å². The van der Waals surface area contributed by atoms with Gasteiger partial charge in [0.15, 0.2) is 6.61 Å². The molecule has 0 fully saturated rings. The van der Waals surface area contributed by atoms with E-state index in [2.05, 4.69) is 0 Å². The minimum atomic E-state index is -1.04. The summed E-state index contributed by atoms with van der Waals surface area (Å²) < 4.78 is 10.4. The summed E-state index contributed by atoms with van der Waals surface area (Å²) in [7, 11) is 2.90. The van der Waals surface area contributed by atoms with Crippen LogP contribution in [0.5, 0.6) is 5.75 Å². The average molecular weight is 265 g/mol. The molecule has 0 radical (unpaired) electrons. The lowest BCUT2D eigenvalue weighted by Gasteiger charge is -2.15. The summed E-state index contributed by atoms with van der Waals surface area (Å²) in [5.74, 6) is -0.603. The Hall–Kier alpha value is -1.57. The second-order valence-electron chi connectivity index (χ2n) is 4.73. The Morgan fingerprint density at radius 1 is 1.53 bits per heavy atom. The van der Waals surface area contributed by atoms with Gasteiger partial charge in [-0.2, -0.15) is 0 Å². The molecule has 1 aliphatic heterocycles. The highest BCUT2D eigenvalue weighted by atomic mass is 16.5. The molecule has 0 saturated heterocycles. The fourth-order valence-corrected chi connectivity index (χ4v) is 2.08. The zero-order valence-corrected chi connectivity index (χ0v) is 10.9. The fraction of sp³-hybridized carbons (Fsp3) is 0.417. The third kappa shape index (κ3) is 3.26. The standard InChI is InChI=1S/C12H16BNO5/c1-14(2)5-8-3-9(18-7-12(15)16)4-11-10(8)6-19-13(11)17/h3-4,17H,5-7H2,1-2H3,(H,15,16). The number of fused-ring (bicyclic) bond motifs is 1. The quantitative estimate of drug-likeness (QED) is 0.694. The van der Waals surface area contributed by atoms with E-state index in [1.165, 1.54) is 0 Å². The number of hydrogen-bond donors (Lipinski definition) is 2. The first kappa shape index (κ1) is 13.9. The van der Waals surface area contributed by atoms with Gasteiger partial charge in [-0.1, -0.05) is 0 Å². The molecule has 102 valence electrons. The van der Waals surface area contributed by atoms with Crippen LogP contribution in [0.1, 0.15) is 11.1 Å². The van der Waals surface area contributed by atoms with Gasteiger partial charge in [0.2, 0.25) is 0 Å². The van der Waals surface area contributed by atoms with Crippen LogP contribution in [-0.4, -0.2) is 48.8 Å². The van der Waals surface area contributed by atoms with Gasteiger partial charge in [-0.3, -0.25) is 0 Å². The molecule has 1 aliphatic rings. The monoisotopic (exact) mass is 265 g/mol. The number of nitrogens with zero attached hydrogens (tertiary/aromatic N) is 1. The highest BCUT2D eigenvalue weighted by molar-refractivity contribution is 6.61. The van der Waals surface area contributed by atoms with Crippen LogP contribution in [0.2, 0.25) is 0 Å². The molecule has 1 aromatic carbocycles. The molecule has 0 spiro atoms. The predicted molar refractivity (Wildman–Crippen MR) is 69.4 cm³/mol. The predicted octanol–water partition coefficient (Wildman–Crippen LogP) is -0.571. The van der Waals surface area contributed by atoms with Gasteiger partial charge in [-0.05, 0) is 42.8 Å². The minimum Gasteiger partial charge on any atom is -0.482 e. The molecule has 0 atom stereocenters. The Balaban J connectivity index is 2.30. The summed E-state index contributed by atoms with van der Waals surface area (Å²) in [5, 5.41) is 18.4. The third-order valence-electron chi connectivity index (χ3n) is 2.85. The van der Waals surface area contributed by atoms with Gasteiger partial charge in [0, 0.05) is 6.54 Å². The lowest BCUT2D eigenvalue weighted by atomic mass is 9.78. The van der Waals surface area contributed by atoms with E-state index in [0.29, 0.717) is 24.4 Å². The van der Waals surface area contributed by atoms with Crippen LogP contribution in [0, 0.1) is 0 Å². The maximum absolute atomic E-state index is 10.5. The molecule has 0 unspecified atom stereocenters. The van der Waals surface area contributed by atoms with Crippen molar-refractivity contribution in [3.63, 3.8) is 0 Å². The molecular weight excluding hydrogens is 249 g/mol. The Kier molecular flexibility index (Phi) is 4.09. The number of carboxylic acids is 1. The van der Waals surface area contributed by atoms with E-state index < -0.39 is 19.7 Å². The summed E-state index contributed by atoms with van der Waals surface area (Å²) >= 11 is 0. The summed E-state index contributed by atoms with van der Waals surface area (Å²) in [6.07, 6.45) is 0. The van der Waals surface area contributed by atoms with E-state index in [9.17, 15) is 9.82 Å². The molecule has 1 heterocycles. The molecule has 19 heavy (non-hydrogen) atoms. The van der Waals surface area contributed by atoms with Gasteiger partial charge in [-0.25, -0.2) is 4.79 Å². The summed E-state index contributed by atoms with van der Waals surface area (Å²) in [6.45, 7) is 0.624. The minimum absolute atomic E-state index is 0.360. The lowest BCUT2D eigenvalue weighted by Crippen LogP contribution is -2.29. The summed E-state index contributed by atoms with van der Waals surface area (Å²) in [6, 6.07) is 3.43. The number of carboxylic acid groups (broad SMARTS) is 1. The maximum Gasteiger partial charge on any atom is 0.491 e. The van der Waals surface area contributed by atoms with Crippen LogP contribution in [0.15, 0.2) is 12.1 Å². The number of ether oxygens (including phenoxy) is 1. The van der Waals surface area contributed by atoms with Gasteiger partial charge in [0.05, 0.1) is 6.61 Å². The second kappa shape index (κ2) is 5.60. The first-order chi connectivity index (χ1) is 8.97. The van der Waals surface area contributed by atoms with Crippen molar-refractivity contribution in [2.24, 2.45) is 0 Å². The van der Waals surface area contributed by atoms with Crippen molar-refractivity contribution < 1.29 is 24.3 Å². The Bertz CT molecular complexity index is 491. The van der Waals surface area contributed by atoms with Crippen molar-refractivity contribution in [1.29, 1.82) is 0 Å². The molecule has 0 bridgehead atoms. The van der Waals surface area contributed by atoms with Crippen molar-refractivity contribution in [3.8, 4) is 5.75 Å². The van der Waals surface area contributed by atoms with Gasteiger partial charge in [0.25, 0.3) is 0 Å². The molecule has 1 aromatic rings. The highest BCUT2D eigenvalue weighted by Gasteiger charge is 2.30. The number of aliphatic carboxylic acids is 1. The second-order valence-corrected chi connectivity index (χ2v) is 4.73. The van der Waals surface area contributed by atoms with E-state index in [1.54, 1.807) is 12.1 Å². The molecular formula is C12H16BNO5. The summed E-state index contributed by atoms with van der Waals surface area (Å²) in [4.78, 5) is 12.5. The third-order valence-corrected chi connectivity index (χ3v) is 2.85. The number of rotatable bonds is 5. The molecule has 2 N–H and O–H groups in total. The first-order valence-electron chi connectivity index (χ1n) is 5.92. The number of benzene rings is 1. The van der Waals surface area contributed by atoms with Crippen molar-refractivity contribution in [2.75, 3.05) is 20.7 Å². The Morgan fingerprint density at radius 2 is 2.26 bits per heavy atom. The van der Waals surface area contributed by atoms with E-state index >= 15 is 0 Å². The molecule has 0 aliphatic carbocycles. The van der Waals surface area contributed by atoms with Gasteiger partial charge in [0.1, 0.15) is 5.75 Å². The molecule has 6 nitrogen and oxygen atoms in total. The van der Waals surface area contributed by atoms with Gasteiger partial charge < -0.3 is 24.4 Å². The van der Waals surface area contributed by atoms with E-state index in [1.807, 2.05) is 19.0 Å². The fourth-order valence-electron chi connectivity index (χ4n) is 2.08. The average Bonchev–Trinajstić information content (AvgIpc) is 2.68. The zero-order chi connectivity index (χ0) is 14.0.